The lowest BCUT2D eigenvalue weighted by Crippen LogP contribution is -2.36. The van der Waals surface area contributed by atoms with Crippen molar-refractivity contribution in [3.05, 3.63) is 95.6 Å². The lowest BCUT2D eigenvalue weighted by molar-refractivity contribution is 0.104. The normalized spacial score (nSPS) is 14.0. The summed E-state index contributed by atoms with van der Waals surface area (Å²) in [5.41, 5.74) is 2.38. The summed E-state index contributed by atoms with van der Waals surface area (Å²) in [6, 6.07) is 17.7. The van der Waals surface area contributed by atoms with E-state index in [0.717, 1.165) is 11.3 Å². The van der Waals surface area contributed by atoms with Crippen molar-refractivity contribution in [1.82, 2.24) is 4.98 Å². The van der Waals surface area contributed by atoms with Gasteiger partial charge < -0.3 is 14.4 Å². The van der Waals surface area contributed by atoms with Crippen LogP contribution < -0.4 is 9.64 Å². The van der Waals surface area contributed by atoms with Crippen molar-refractivity contribution in [2.24, 2.45) is 0 Å². The van der Waals surface area contributed by atoms with E-state index in [-0.39, 0.29) is 5.78 Å². The van der Waals surface area contributed by atoms with Gasteiger partial charge in [-0.3, -0.25) is 9.78 Å². The highest BCUT2D eigenvalue weighted by Gasteiger charge is 2.16. The summed E-state index contributed by atoms with van der Waals surface area (Å²) < 4.78 is 25.8. The number of morpholine rings is 1. The predicted molar refractivity (Wildman–Crippen MR) is 118 cm³/mol. The molecule has 1 aliphatic heterocycles. The van der Waals surface area contributed by atoms with E-state index >= 15 is 0 Å². The molecule has 3 aromatic rings. The van der Waals surface area contributed by atoms with Crippen LogP contribution in [0, 0.1) is 5.82 Å². The largest absolute Gasteiger partial charge is 0.487 e. The molecule has 2 aromatic carbocycles. The van der Waals surface area contributed by atoms with Crippen LogP contribution in [-0.2, 0) is 11.3 Å². The van der Waals surface area contributed by atoms with Crippen LogP contribution >= 0.6 is 0 Å². The van der Waals surface area contributed by atoms with Gasteiger partial charge in [0.05, 0.1) is 24.6 Å². The second kappa shape index (κ2) is 10.00. The molecule has 0 saturated carbocycles. The van der Waals surface area contributed by atoms with E-state index in [4.69, 9.17) is 9.47 Å². The highest BCUT2D eigenvalue weighted by molar-refractivity contribution is 6.07. The van der Waals surface area contributed by atoms with Gasteiger partial charge in [-0.2, -0.15) is 0 Å². The number of ether oxygens (including phenoxy) is 2. The molecule has 0 amide bonds. The molecular formula is C25H23FN2O3. The van der Waals surface area contributed by atoms with Gasteiger partial charge in [-0.25, -0.2) is 4.39 Å². The molecule has 1 aliphatic rings. The van der Waals surface area contributed by atoms with Crippen LogP contribution in [-0.4, -0.2) is 37.1 Å². The van der Waals surface area contributed by atoms with Crippen molar-refractivity contribution in [1.29, 1.82) is 0 Å². The SMILES string of the molecule is O=C(/C=C/c1ccccc1OCc1ccccn1)c1ccc(N2CCOCC2)c(F)c1. The van der Waals surface area contributed by atoms with Crippen LogP contribution in [0.5, 0.6) is 5.75 Å². The summed E-state index contributed by atoms with van der Waals surface area (Å²) in [6.45, 7) is 2.75. The molecule has 0 N–H and O–H groups in total. The van der Waals surface area contributed by atoms with Gasteiger partial charge in [0.15, 0.2) is 5.78 Å². The third-order valence-electron chi connectivity index (χ3n) is 5.02. The number of hydrogen-bond acceptors (Lipinski definition) is 5. The molecule has 31 heavy (non-hydrogen) atoms. The zero-order valence-corrected chi connectivity index (χ0v) is 17.0. The Morgan fingerprint density at radius 1 is 1.10 bits per heavy atom. The Balaban J connectivity index is 1.45. The fourth-order valence-corrected chi connectivity index (χ4v) is 3.37. The molecule has 6 heteroatoms. The predicted octanol–water partition coefficient (Wildman–Crippen LogP) is 4.53. The van der Waals surface area contributed by atoms with Gasteiger partial charge in [0.25, 0.3) is 0 Å². The van der Waals surface area contributed by atoms with Crippen LogP contribution in [0.3, 0.4) is 0 Å². The monoisotopic (exact) mass is 418 g/mol. The van der Waals surface area contributed by atoms with E-state index in [9.17, 15) is 9.18 Å². The molecular weight excluding hydrogens is 395 g/mol. The highest BCUT2D eigenvalue weighted by atomic mass is 19.1. The number of hydrogen-bond donors (Lipinski definition) is 0. The third kappa shape index (κ3) is 5.35. The van der Waals surface area contributed by atoms with Gasteiger partial charge in [-0.1, -0.05) is 24.3 Å². The Morgan fingerprint density at radius 2 is 1.90 bits per heavy atom. The number of carbonyl (C=O) groups excluding carboxylic acids is 1. The maximum Gasteiger partial charge on any atom is 0.185 e. The van der Waals surface area contributed by atoms with Gasteiger partial charge in [-0.15, -0.1) is 0 Å². The minimum atomic E-state index is -0.403. The van der Waals surface area contributed by atoms with E-state index in [1.807, 2.05) is 47.4 Å². The quantitative estimate of drug-likeness (QED) is 0.417. The molecule has 2 heterocycles. The Labute approximate surface area is 180 Å². The van der Waals surface area contributed by atoms with E-state index in [2.05, 4.69) is 4.98 Å². The molecule has 0 unspecified atom stereocenters. The second-order valence-electron chi connectivity index (χ2n) is 7.11. The molecule has 158 valence electrons. The fourth-order valence-electron chi connectivity index (χ4n) is 3.37. The number of pyridine rings is 1. The van der Waals surface area contributed by atoms with E-state index < -0.39 is 5.82 Å². The van der Waals surface area contributed by atoms with Crippen molar-refractivity contribution in [3.8, 4) is 5.75 Å². The van der Waals surface area contributed by atoms with Gasteiger partial charge in [0.1, 0.15) is 18.2 Å². The Morgan fingerprint density at radius 3 is 2.68 bits per heavy atom. The lowest BCUT2D eigenvalue weighted by atomic mass is 10.1. The van der Waals surface area contributed by atoms with E-state index in [0.29, 0.717) is 49.9 Å². The van der Waals surface area contributed by atoms with Gasteiger partial charge >= 0.3 is 0 Å². The second-order valence-corrected chi connectivity index (χ2v) is 7.11. The van der Waals surface area contributed by atoms with Crippen LogP contribution in [0.15, 0.2) is 72.9 Å². The zero-order chi connectivity index (χ0) is 21.5. The first kappa shape index (κ1) is 20.8. The van der Waals surface area contributed by atoms with E-state index in [1.165, 1.54) is 12.1 Å². The molecule has 0 radical (unpaired) electrons. The smallest absolute Gasteiger partial charge is 0.185 e. The molecule has 5 nitrogen and oxygen atoms in total. The summed E-state index contributed by atoms with van der Waals surface area (Å²) in [7, 11) is 0. The number of anilines is 1. The molecule has 1 fully saturated rings. The molecule has 1 saturated heterocycles. The average Bonchev–Trinajstić information content (AvgIpc) is 2.83. The maximum absolute atomic E-state index is 14.6. The number of allylic oxidation sites excluding steroid dienone is 1. The summed E-state index contributed by atoms with van der Waals surface area (Å²) in [5.74, 6) is -0.0294. The summed E-state index contributed by atoms with van der Waals surface area (Å²) in [6.07, 6.45) is 4.84. The number of halogens is 1. The number of aromatic nitrogens is 1. The molecule has 0 spiro atoms. The van der Waals surface area contributed by atoms with Gasteiger partial charge in [0.2, 0.25) is 0 Å². The Kier molecular flexibility index (Phi) is 6.69. The maximum atomic E-state index is 14.6. The van der Waals surface area contributed by atoms with Crippen LogP contribution in [0.25, 0.3) is 6.08 Å². The van der Waals surface area contributed by atoms with Crippen LogP contribution in [0.1, 0.15) is 21.6 Å². The Hall–Kier alpha value is -3.51. The molecule has 4 rings (SSSR count). The number of carbonyl (C=O) groups is 1. The third-order valence-corrected chi connectivity index (χ3v) is 5.02. The molecule has 1 aromatic heterocycles. The number of para-hydroxylation sites is 1. The average molecular weight is 418 g/mol. The number of nitrogens with zero attached hydrogens (tertiary/aromatic N) is 2. The molecule has 0 atom stereocenters. The van der Waals surface area contributed by atoms with Crippen molar-refractivity contribution in [2.75, 3.05) is 31.2 Å². The summed E-state index contributed by atoms with van der Waals surface area (Å²) in [5, 5.41) is 0. The van der Waals surface area contributed by atoms with Crippen LogP contribution in [0.4, 0.5) is 10.1 Å². The first-order valence-corrected chi connectivity index (χ1v) is 10.2. The van der Waals surface area contributed by atoms with Crippen LogP contribution in [0.2, 0.25) is 0 Å². The number of rotatable bonds is 7. The Bertz CT molecular complexity index is 1060. The zero-order valence-electron chi connectivity index (χ0n) is 17.0. The minimum Gasteiger partial charge on any atom is -0.487 e. The van der Waals surface area contributed by atoms with Gasteiger partial charge in [-0.05, 0) is 48.6 Å². The lowest BCUT2D eigenvalue weighted by Gasteiger charge is -2.29. The summed E-state index contributed by atoms with van der Waals surface area (Å²) in [4.78, 5) is 18.8. The first-order chi connectivity index (χ1) is 15.2. The van der Waals surface area contributed by atoms with Gasteiger partial charge in [0, 0.05) is 30.4 Å². The minimum absolute atomic E-state index is 0.271. The van der Waals surface area contributed by atoms with E-state index in [1.54, 1.807) is 24.4 Å². The number of benzene rings is 2. The molecule has 0 bridgehead atoms. The standard InChI is InChI=1S/C25H23FN2O3/c26-22-17-20(8-10-23(22)28-13-15-30-16-14-28)24(29)11-9-19-5-1-2-7-25(19)31-18-21-6-3-4-12-27-21/h1-12,17H,13-16,18H2/b11-9+. The van der Waals surface area contributed by atoms with Crippen molar-refractivity contribution in [2.45, 2.75) is 6.61 Å². The van der Waals surface area contributed by atoms with Crippen molar-refractivity contribution in [3.63, 3.8) is 0 Å². The fraction of sp³-hybridized carbons (Fsp3) is 0.200. The first-order valence-electron chi connectivity index (χ1n) is 10.2. The highest BCUT2D eigenvalue weighted by Crippen LogP contribution is 2.23. The molecule has 0 aliphatic carbocycles. The summed E-state index contributed by atoms with van der Waals surface area (Å²) >= 11 is 0. The topological polar surface area (TPSA) is 51.7 Å². The van der Waals surface area contributed by atoms with Crippen molar-refractivity contribution < 1.29 is 18.7 Å². The number of ketones is 1. The van der Waals surface area contributed by atoms with Crippen molar-refractivity contribution >= 4 is 17.5 Å².